The van der Waals surface area contributed by atoms with Crippen molar-refractivity contribution in [2.45, 2.75) is 19.0 Å². The van der Waals surface area contributed by atoms with Crippen LogP contribution in [0.25, 0.3) is 0 Å². The summed E-state index contributed by atoms with van der Waals surface area (Å²) in [5.74, 6) is -1.30. The van der Waals surface area contributed by atoms with Gasteiger partial charge in [-0.25, -0.2) is 0 Å². The third-order valence-corrected chi connectivity index (χ3v) is 3.97. The maximum Gasteiger partial charge on any atom is 0.422 e. The maximum absolute atomic E-state index is 12.4. The fraction of sp³-hybridized carbons (Fsp3) is 0.211. The van der Waals surface area contributed by atoms with Crippen molar-refractivity contribution in [1.29, 1.82) is 0 Å². The van der Waals surface area contributed by atoms with Crippen LogP contribution in [0, 0.1) is 0 Å². The Labute approximate surface area is 157 Å². The number of nitrogens with zero attached hydrogens (tertiary/aromatic N) is 1. The molecular weight excluding hydrogens is 377 g/mol. The third kappa shape index (κ3) is 4.48. The van der Waals surface area contributed by atoms with Crippen LogP contribution < -0.4 is 15.0 Å². The Bertz CT molecular complexity index is 894. The molecule has 0 aromatic heterocycles. The third-order valence-electron chi connectivity index (χ3n) is 3.97. The maximum atomic E-state index is 12.4. The number of amides is 3. The minimum atomic E-state index is -4.50. The number of anilines is 2. The van der Waals surface area contributed by atoms with E-state index in [9.17, 15) is 27.6 Å². The predicted octanol–water partition coefficient (Wildman–Crippen LogP) is 3.53. The molecule has 2 aromatic carbocycles. The number of imide groups is 1. The first-order valence-electron chi connectivity index (χ1n) is 8.30. The number of hydrogen-bond donors (Lipinski definition) is 1. The van der Waals surface area contributed by atoms with E-state index in [0.29, 0.717) is 5.69 Å². The van der Waals surface area contributed by atoms with E-state index in [1.165, 1.54) is 42.5 Å². The lowest BCUT2D eigenvalue weighted by atomic mass is 10.1. The molecule has 0 bridgehead atoms. The van der Waals surface area contributed by atoms with Gasteiger partial charge in [-0.1, -0.05) is 12.1 Å². The average Bonchev–Trinajstić information content (AvgIpc) is 2.99. The fourth-order valence-corrected chi connectivity index (χ4v) is 2.68. The van der Waals surface area contributed by atoms with Crippen LogP contribution >= 0.6 is 0 Å². The smallest absolute Gasteiger partial charge is 0.422 e. The number of ether oxygens (including phenoxy) is 1. The molecular formula is C19H15F3N2O4. The van der Waals surface area contributed by atoms with Gasteiger partial charge in [0.05, 0.1) is 11.4 Å². The second-order valence-electron chi connectivity index (χ2n) is 6.02. The second kappa shape index (κ2) is 7.71. The zero-order valence-corrected chi connectivity index (χ0v) is 14.5. The van der Waals surface area contributed by atoms with Gasteiger partial charge in [0.15, 0.2) is 6.61 Å². The van der Waals surface area contributed by atoms with Gasteiger partial charge >= 0.3 is 6.18 Å². The van der Waals surface area contributed by atoms with Crippen molar-refractivity contribution in [1.82, 2.24) is 0 Å². The van der Waals surface area contributed by atoms with Gasteiger partial charge in [-0.05, 0) is 36.4 Å². The summed E-state index contributed by atoms with van der Waals surface area (Å²) in [6.07, 6.45) is -4.21. The van der Waals surface area contributed by atoms with Gasteiger partial charge in [0, 0.05) is 18.4 Å². The molecule has 1 fully saturated rings. The largest absolute Gasteiger partial charge is 0.482 e. The van der Waals surface area contributed by atoms with Crippen LogP contribution in [-0.4, -0.2) is 30.5 Å². The molecule has 28 heavy (non-hydrogen) atoms. The van der Waals surface area contributed by atoms with Crippen molar-refractivity contribution in [3.63, 3.8) is 0 Å². The molecule has 1 N–H and O–H groups in total. The SMILES string of the molecule is O=C(Nc1ccccc1OCC(F)(F)F)c1ccc(N2C(=O)CCC2=O)cc1. The minimum Gasteiger partial charge on any atom is -0.482 e. The van der Waals surface area contributed by atoms with Crippen molar-refractivity contribution in [2.75, 3.05) is 16.8 Å². The topological polar surface area (TPSA) is 75.7 Å². The van der Waals surface area contributed by atoms with Gasteiger partial charge in [0.25, 0.3) is 5.91 Å². The predicted molar refractivity (Wildman–Crippen MR) is 94.1 cm³/mol. The van der Waals surface area contributed by atoms with Crippen LogP contribution in [0.1, 0.15) is 23.2 Å². The molecule has 0 atom stereocenters. The van der Waals surface area contributed by atoms with Crippen LogP contribution in [0.4, 0.5) is 24.5 Å². The summed E-state index contributed by atoms with van der Waals surface area (Å²) in [4.78, 5) is 36.9. The van der Waals surface area contributed by atoms with Gasteiger partial charge < -0.3 is 10.1 Å². The Kier molecular flexibility index (Phi) is 5.34. The molecule has 6 nitrogen and oxygen atoms in total. The van der Waals surface area contributed by atoms with Crippen LogP contribution in [-0.2, 0) is 9.59 Å². The number of carbonyl (C=O) groups is 3. The highest BCUT2D eigenvalue weighted by Gasteiger charge is 2.30. The first-order chi connectivity index (χ1) is 13.2. The summed E-state index contributed by atoms with van der Waals surface area (Å²) in [5, 5.41) is 2.49. The molecule has 1 saturated heterocycles. The fourth-order valence-electron chi connectivity index (χ4n) is 2.68. The molecule has 2 aromatic rings. The summed E-state index contributed by atoms with van der Waals surface area (Å²) in [7, 11) is 0. The Morgan fingerprint density at radius 1 is 1.00 bits per heavy atom. The lowest BCUT2D eigenvalue weighted by Crippen LogP contribution is -2.28. The summed E-state index contributed by atoms with van der Waals surface area (Å²) in [5.41, 5.74) is 0.650. The van der Waals surface area contributed by atoms with Crippen LogP contribution in [0.15, 0.2) is 48.5 Å². The molecule has 3 rings (SSSR count). The molecule has 0 saturated carbocycles. The van der Waals surface area contributed by atoms with Crippen LogP contribution in [0.3, 0.4) is 0 Å². The summed E-state index contributed by atoms with van der Waals surface area (Å²) in [6, 6.07) is 11.5. The molecule has 3 amide bonds. The number of benzene rings is 2. The number of hydrogen-bond acceptors (Lipinski definition) is 4. The highest BCUT2D eigenvalue weighted by atomic mass is 19.4. The molecule has 0 unspecified atom stereocenters. The van der Waals surface area contributed by atoms with Gasteiger partial charge in [-0.2, -0.15) is 13.2 Å². The molecule has 1 aliphatic rings. The molecule has 0 radical (unpaired) electrons. The van der Waals surface area contributed by atoms with Gasteiger partial charge in [-0.15, -0.1) is 0 Å². The van der Waals surface area contributed by atoms with E-state index in [1.807, 2.05) is 0 Å². The first-order valence-corrected chi connectivity index (χ1v) is 8.30. The van der Waals surface area contributed by atoms with E-state index in [1.54, 1.807) is 6.07 Å². The Morgan fingerprint density at radius 2 is 1.61 bits per heavy atom. The average molecular weight is 392 g/mol. The quantitative estimate of drug-likeness (QED) is 0.790. The number of nitrogens with one attached hydrogen (secondary N) is 1. The summed E-state index contributed by atoms with van der Waals surface area (Å²) >= 11 is 0. The van der Waals surface area contributed by atoms with Crippen molar-refractivity contribution >= 4 is 29.1 Å². The van der Waals surface area contributed by atoms with Crippen molar-refractivity contribution in [2.24, 2.45) is 0 Å². The Hall–Kier alpha value is -3.36. The monoisotopic (exact) mass is 392 g/mol. The molecule has 1 heterocycles. The van der Waals surface area contributed by atoms with E-state index >= 15 is 0 Å². The Morgan fingerprint density at radius 3 is 2.21 bits per heavy atom. The number of rotatable bonds is 5. The minimum absolute atomic E-state index is 0.0886. The van der Waals surface area contributed by atoms with E-state index < -0.39 is 18.7 Å². The van der Waals surface area contributed by atoms with E-state index in [4.69, 9.17) is 4.74 Å². The molecule has 9 heteroatoms. The van der Waals surface area contributed by atoms with E-state index in [-0.39, 0.29) is 41.7 Å². The van der Waals surface area contributed by atoms with Crippen molar-refractivity contribution < 1.29 is 32.3 Å². The molecule has 0 aliphatic carbocycles. The zero-order valence-electron chi connectivity index (χ0n) is 14.5. The molecule has 1 aliphatic heterocycles. The lowest BCUT2D eigenvalue weighted by Gasteiger charge is -2.15. The van der Waals surface area contributed by atoms with Crippen molar-refractivity contribution in [3.05, 3.63) is 54.1 Å². The van der Waals surface area contributed by atoms with E-state index in [2.05, 4.69) is 5.32 Å². The lowest BCUT2D eigenvalue weighted by molar-refractivity contribution is -0.153. The standard InChI is InChI=1S/C19H15F3N2O4/c20-19(21,22)11-28-15-4-2-1-3-14(15)23-18(27)12-5-7-13(8-6-12)24-16(25)9-10-17(24)26/h1-8H,9-11H2,(H,23,27). The number of para-hydroxylation sites is 2. The molecule has 0 spiro atoms. The number of halogens is 3. The Balaban J connectivity index is 1.72. The number of alkyl halides is 3. The van der Waals surface area contributed by atoms with Crippen molar-refractivity contribution in [3.8, 4) is 5.75 Å². The molecule has 146 valence electrons. The first kappa shape index (κ1) is 19.4. The highest BCUT2D eigenvalue weighted by Crippen LogP contribution is 2.27. The normalized spacial score (nSPS) is 14.3. The summed E-state index contributed by atoms with van der Waals surface area (Å²) < 4.78 is 41.8. The summed E-state index contributed by atoms with van der Waals surface area (Å²) in [6.45, 7) is -1.48. The zero-order chi connectivity index (χ0) is 20.3. The highest BCUT2D eigenvalue weighted by molar-refractivity contribution is 6.20. The van der Waals surface area contributed by atoms with Gasteiger partial charge in [0.2, 0.25) is 11.8 Å². The van der Waals surface area contributed by atoms with Gasteiger partial charge in [0.1, 0.15) is 5.75 Å². The van der Waals surface area contributed by atoms with Gasteiger partial charge in [-0.3, -0.25) is 19.3 Å². The van der Waals surface area contributed by atoms with Crippen LogP contribution in [0.5, 0.6) is 5.75 Å². The van der Waals surface area contributed by atoms with Crippen LogP contribution in [0.2, 0.25) is 0 Å². The van der Waals surface area contributed by atoms with E-state index in [0.717, 1.165) is 4.90 Å². The number of carbonyl (C=O) groups excluding carboxylic acids is 3. The second-order valence-corrected chi connectivity index (χ2v) is 6.02.